The zero-order chi connectivity index (χ0) is 9.97. The number of benzene rings is 1. The van der Waals surface area contributed by atoms with E-state index in [9.17, 15) is 10.1 Å². The molecule has 0 amide bonds. The van der Waals surface area contributed by atoms with Gasteiger partial charge in [-0.05, 0) is 6.07 Å². The predicted octanol–water partition coefficient (Wildman–Crippen LogP) is 1.78. The van der Waals surface area contributed by atoms with Crippen molar-refractivity contribution in [2.75, 3.05) is 6.73 Å². The highest BCUT2D eigenvalue weighted by Crippen LogP contribution is 2.19. The van der Waals surface area contributed by atoms with Crippen LogP contribution in [0.4, 0.5) is 0 Å². The zero-order valence-corrected chi connectivity index (χ0v) is 7.27. The summed E-state index contributed by atoms with van der Waals surface area (Å²) in [6.45, 7) is -0.521. The highest BCUT2D eigenvalue weighted by molar-refractivity contribution is 5.81. The molecule has 1 aromatic heterocycles. The fourth-order valence-electron chi connectivity index (χ4n) is 1.25. The van der Waals surface area contributed by atoms with Crippen LogP contribution in [0.3, 0.4) is 0 Å². The van der Waals surface area contributed by atoms with Crippen LogP contribution in [-0.2, 0) is 0 Å². The van der Waals surface area contributed by atoms with Gasteiger partial charge in [0.2, 0.25) is 0 Å². The van der Waals surface area contributed by atoms with E-state index in [0.29, 0.717) is 5.88 Å². The third kappa shape index (κ3) is 1.66. The van der Waals surface area contributed by atoms with Crippen molar-refractivity contribution >= 4 is 10.9 Å². The van der Waals surface area contributed by atoms with Gasteiger partial charge in [-0.3, -0.25) is 10.1 Å². The van der Waals surface area contributed by atoms with Crippen LogP contribution >= 0.6 is 0 Å². The highest BCUT2D eigenvalue weighted by Gasteiger charge is 2.02. The Morgan fingerprint density at radius 3 is 2.93 bits per heavy atom. The van der Waals surface area contributed by atoms with Crippen LogP contribution in [0.1, 0.15) is 0 Å². The molecule has 5 nitrogen and oxygen atoms in total. The van der Waals surface area contributed by atoms with E-state index in [0.717, 1.165) is 10.9 Å². The molecule has 0 atom stereocenters. The number of ether oxygens (including phenoxy) is 1. The van der Waals surface area contributed by atoms with Gasteiger partial charge in [-0.1, -0.05) is 18.2 Å². The Labute approximate surface area is 79.5 Å². The second kappa shape index (κ2) is 3.37. The Morgan fingerprint density at radius 1 is 1.43 bits per heavy atom. The lowest BCUT2D eigenvalue weighted by Crippen LogP contribution is -2.08. The van der Waals surface area contributed by atoms with Crippen molar-refractivity contribution < 1.29 is 9.66 Å². The number of H-pyrrole nitrogens is 1. The third-order valence-corrected chi connectivity index (χ3v) is 1.83. The van der Waals surface area contributed by atoms with E-state index in [1.165, 1.54) is 0 Å². The normalized spacial score (nSPS) is 10.3. The molecule has 0 saturated heterocycles. The van der Waals surface area contributed by atoms with Crippen LogP contribution < -0.4 is 4.74 Å². The molecule has 0 aliphatic carbocycles. The number of aromatic nitrogens is 1. The van der Waals surface area contributed by atoms with Crippen molar-refractivity contribution in [3.05, 3.63) is 40.4 Å². The first-order valence-electron chi connectivity index (χ1n) is 4.08. The molecular formula is C9H8N2O3. The summed E-state index contributed by atoms with van der Waals surface area (Å²) in [6, 6.07) is 9.31. The molecule has 0 aliphatic rings. The number of para-hydroxylation sites is 1. The smallest absolute Gasteiger partial charge is 0.345 e. The minimum Gasteiger partial charge on any atom is -0.416 e. The number of nitrogens with one attached hydrogen (secondary N) is 1. The van der Waals surface area contributed by atoms with Crippen LogP contribution in [0, 0.1) is 10.1 Å². The molecule has 14 heavy (non-hydrogen) atoms. The van der Waals surface area contributed by atoms with Crippen molar-refractivity contribution in [3.63, 3.8) is 0 Å². The van der Waals surface area contributed by atoms with Crippen molar-refractivity contribution in [2.24, 2.45) is 0 Å². The first-order valence-corrected chi connectivity index (χ1v) is 4.08. The van der Waals surface area contributed by atoms with Crippen LogP contribution in [0.25, 0.3) is 10.9 Å². The summed E-state index contributed by atoms with van der Waals surface area (Å²) in [5, 5.41) is 11.0. The highest BCUT2D eigenvalue weighted by atomic mass is 16.7. The summed E-state index contributed by atoms with van der Waals surface area (Å²) < 4.78 is 4.90. The largest absolute Gasteiger partial charge is 0.416 e. The van der Waals surface area contributed by atoms with Crippen molar-refractivity contribution in [1.29, 1.82) is 0 Å². The second-order valence-electron chi connectivity index (χ2n) is 2.83. The average molecular weight is 192 g/mol. The number of nitrogens with zero attached hydrogens (tertiary/aromatic N) is 1. The summed E-state index contributed by atoms with van der Waals surface area (Å²) in [4.78, 5) is 12.5. The quantitative estimate of drug-likeness (QED) is 0.458. The Hall–Kier alpha value is -2.04. The average Bonchev–Trinajstić information content (AvgIpc) is 2.57. The molecule has 0 bridgehead atoms. The Balaban J connectivity index is 2.22. The van der Waals surface area contributed by atoms with Crippen molar-refractivity contribution in [2.45, 2.75) is 0 Å². The van der Waals surface area contributed by atoms with Gasteiger partial charge in [0.05, 0.1) is 4.92 Å². The van der Waals surface area contributed by atoms with Gasteiger partial charge in [-0.15, -0.1) is 0 Å². The molecule has 0 radical (unpaired) electrons. The van der Waals surface area contributed by atoms with Gasteiger partial charge in [-0.25, -0.2) is 0 Å². The maximum Gasteiger partial charge on any atom is 0.345 e. The number of nitro groups is 1. The van der Waals surface area contributed by atoms with E-state index in [1.807, 2.05) is 24.3 Å². The van der Waals surface area contributed by atoms with Crippen molar-refractivity contribution in [1.82, 2.24) is 4.98 Å². The summed E-state index contributed by atoms with van der Waals surface area (Å²) in [5.74, 6) is 0.419. The van der Waals surface area contributed by atoms with Gasteiger partial charge in [0.25, 0.3) is 0 Å². The van der Waals surface area contributed by atoms with Gasteiger partial charge < -0.3 is 9.72 Å². The first-order chi connectivity index (χ1) is 6.75. The van der Waals surface area contributed by atoms with Crippen LogP contribution in [-0.4, -0.2) is 16.6 Å². The van der Waals surface area contributed by atoms with Gasteiger partial charge >= 0.3 is 6.73 Å². The number of hydrogen-bond donors (Lipinski definition) is 1. The summed E-state index contributed by atoms with van der Waals surface area (Å²) in [7, 11) is 0. The fourth-order valence-corrected chi connectivity index (χ4v) is 1.25. The fraction of sp³-hybridized carbons (Fsp3) is 0.111. The minimum atomic E-state index is -0.522. The van der Waals surface area contributed by atoms with Crippen LogP contribution in [0.2, 0.25) is 0 Å². The molecule has 0 fully saturated rings. The maximum atomic E-state index is 10.1. The monoisotopic (exact) mass is 192 g/mol. The molecule has 0 unspecified atom stereocenters. The lowest BCUT2D eigenvalue weighted by atomic mass is 10.3. The molecule has 1 N–H and O–H groups in total. The number of aromatic amines is 1. The maximum absolute atomic E-state index is 10.1. The molecular weight excluding hydrogens is 184 g/mol. The number of fused-ring (bicyclic) bond motifs is 1. The van der Waals surface area contributed by atoms with Crippen LogP contribution in [0.15, 0.2) is 30.3 Å². The van der Waals surface area contributed by atoms with E-state index in [2.05, 4.69) is 4.98 Å². The number of hydrogen-bond acceptors (Lipinski definition) is 3. The Bertz CT molecular complexity index is 431. The topological polar surface area (TPSA) is 68.2 Å². The van der Waals surface area contributed by atoms with Gasteiger partial charge in [0.1, 0.15) is 0 Å². The van der Waals surface area contributed by atoms with Gasteiger partial charge in [0.15, 0.2) is 5.88 Å². The second-order valence-corrected chi connectivity index (χ2v) is 2.83. The van der Waals surface area contributed by atoms with E-state index < -0.39 is 11.7 Å². The van der Waals surface area contributed by atoms with E-state index in [-0.39, 0.29) is 0 Å². The van der Waals surface area contributed by atoms with Crippen molar-refractivity contribution in [3.8, 4) is 5.88 Å². The molecule has 2 rings (SSSR count). The molecule has 0 saturated carbocycles. The minimum absolute atomic E-state index is 0.419. The Kier molecular flexibility index (Phi) is 2.06. The lowest BCUT2D eigenvalue weighted by molar-refractivity contribution is -0.514. The first kappa shape index (κ1) is 8.55. The third-order valence-electron chi connectivity index (χ3n) is 1.83. The molecule has 72 valence electrons. The number of rotatable bonds is 3. The van der Waals surface area contributed by atoms with E-state index in [4.69, 9.17) is 4.74 Å². The molecule has 0 aliphatic heterocycles. The molecule has 1 heterocycles. The Morgan fingerprint density at radius 2 is 2.21 bits per heavy atom. The van der Waals surface area contributed by atoms with Gasteiger partial charge in [-0.2, -0.15) is 0 Å². The lowest BCUT2D eigenvalue weighted by Gasteiger charge is -1.94. The molecule has 5 heteroatoms. The van der Waals surface area contributed by atoms with Gasteiger partial charge in [0, 0.05) is 17.0 Å². The van der Waals surface area contributed by atoms with E-state index >= 15 is 0 Å². The zero-order valence-electron chi connectivity index (χ0n) is 7.27. The molecule has 0 spiro atoms. The SMILES string of the molecule is O=[N+]([O-])COc1cc2ccccc2[nH]1. The van der Waals surface area contributed by atoms with E-state index in [1.54, 1.807) is 6.07 Å². The molecule has 2 aromatic rings. The standard InChI is InChI=1S/C9H8N2O3/c12-11(13)6-14-9-5-7-3-1-2-4-8(7)10-9/h1-5,10H,6H2. The van der Waals surface area contributed by atoms with Crippen LogP contribution in [0.5, 0.6) is 5.88 Å². The predicted molar refractivity (Wildman–Crippen MR) is 50.8 cm³/mol. The summed E-state index contributed by atoms with van der Waals surface area (Å²) >= 11 is 0. The molecule has 1 aromatic carbocycles. The summed E-state index contributed by atoms with van der Waals surface area (Å²) in [5.41, 5.74) is 0.908. The summed E-state index contributed by atoms with van der Waals surface area (Å²) in [6.07, 6.45) is 0.